The standard InChI is InChI=1S/C29H36N4O2S2/c1-5-21(6-2)33-26-12-11-20(16-24(26)31-27(33)17-22-9-7-13-36-22)28(34)32-25(15-19(3)4)29(35)30-18-23-10-8-14-37-23/h7-14,16,19,21,25H,5-6,15,17-18H2,1-4H3,(H,30,35)(H,32,34)/t25-/m0/s1. The lowest BCUT2D eigenvalue weighted by Gasteiger charge is -2.20. The summed E-state index contributed by atoms with van der Waals surface area (Å²) in [6.45, 7) is 8.98. The molecule has 3 aromatic heterocycles. The molecule has 196 valence electrons. The topological polar surface area (TPSA) is 76.0 Å². The summed E-state index contributed by atoms with van der Waals surface area (Å²) in [6.07, 6.45) is 3.36. The van der Waals surface area contributed by atoms with E-state index in [9.17, 15) is 9.59 Å². The largest absolute Gasteiger partial charge is 0.349 e. The number of nitrogens with one attached hydrogen (secondary N) is 2. The molecule has 1 aromatic carbocycles. The van der Waals surface area contributed by atoms with Crippen LogP contribution in [0.15, 0.2) is 53.2 Å². The van der Waals surface area contributed by atoms with Crippen molar-refractivity contribution in [1.82, 2.24) is 20.2 Å². The van der Waals surface area contributed by atoms with E-state index in [0.717, 1.165) is 41.0 Å². The summed E-state index contributed by atoms with van der Waals surface area (Å²) in [5.41, 5.74) is 2.38. The van der Waals surface area contributed by atoms with Crippen LogP contribution in [0.2, 0.25) is 0 Å². The molecule has 0 bridgehead atoms. The second-order valence-corrected chi connectivity index (χ2v) is 11.8. The van der Waals surface area contributed by atoms with E-state index in [0.29, 0.717) is 24.6 Å². The van der Waals surface area contributed by atoms with Gasteiger partial charge in [-0.05, 0) is 66.3 Å². The molecule has 0 aliphatic heterocycles. The molecule has 6 nitrogen and oxygen atoms in total. The van der Waals surface area contributed by atoms with Gasteiger partial charge in [-0.2, -0.15) is 0 Å². The molecule has 0 spiro atoms. The Kier molecular flexibility index (Phi) is 9.16. The monoisotopic (exact) mass is 536 g/mol. The van der Waals surface area contributed by atoms with Crippen molar-refractivity contribution in [2.24, 2.45) is 5.92 Å². The molecule has 8 heteroatoms. The molecule has 0 fully saturated rings. The van der Waals surface area contributed by atoms with Crippen LogP contribution in [0.1, 0.15) is 78.9 Å². The van der Waals surface area contributed by atoms with Gasteiger partial charge in [-0.25, -0.2) is 4.98 Å². The zero-order valence-corrected chi connectivity index (χ0v) is 23.6. The van der Waals surface area contributed by atoms with Gasteiger partial charge in [0.2, 0.25) is 5.91 Å². The third kappa shape index (κ3) is 6.67. The average Bonchev–Trinajstić information content (AvgIpc) is 3.65. The smallest absolute Gasteiger partial charge is 0.252 e. The molecule has 0 saturated heterocycles. The van der Waals surface area contributed by atoms with Gasteiger partial charge in [-0.3, -0.25) is 9.59 Å². The highest BCUT2D eigenvalue weighted by Crippen LogP contribution is 2.28. The Hall–Kier alpha value is -2.97. The third-order valence-corrected chi connectivity index (χ3v) is 8.34. The van der Waals surface area contributed by atoms with Crippen LogP contribution in [-0.2, 0) is 17.8 Å². The minimum absolute atomic E-state index is 0.159. The second kappa shape index (κ2) is 12.5. The maximum absolute atomic E-state index is 13.3. The Balaban J connectivity index is 1.57. The number of fused-ring (bicyclic) bond motifs is 1. The SMILES string of the molecule is CCC(CC)n1c(Cc2cccs2)nc2cc(C(=O)N[C@@H](CC(C)C)C(=O)NCc3cccs3)ccc21. The Labute approximate surface area is 227 Å². The highest BCUT2D eigenvalue weighted by atomic mass is 32.1. The van der Waals surface area contributed by atoms with Crippen molar-refractivity contribution in [2.75, 3.05) is 0 Å². The number of benzene rings is 1. The van der Waals surface area contributed by atoms with Gasteiger partial charge in [0.25, 0.3) is 5.91 Å². The Morgan fingerprint density at radius 1 is 1.00 bits per heavy atom. The number of hydrogen-bond donors (Lipinski definition) is 2. The zero-order valence-electron chi connectivity index (χ0n) is 22.0. The van der Waals surface area contributed by atoms with E-state index in [1.54, 1.807) is 22.7 Å². The number of nitrogens with zero attached hydrogens (tertiary/aromatic N) is 2. The molecule has 0 unspecified atom stereocenters. The predicted molar refractivity (Wildman–Crippen MR) is 153 cm³/mol. The first-order chi connectivity index (χ1) is 17.9. The van der Waals surface area contributed by atoms with E-state index < -0.39 is 6.04 Å². The third-order valence-electron chi connectivity index (χ3n) is 6.59. The number of rotatable bonds is 12. The molecule has 0 saturated carbocycles. The molecule has 4 aromatic rings. The molecular formula is C29H36N4O2S2. The summed E-state index contributed by atoms with van der Waals surface area (Å²) >= 11 is 3.33. The number of thiophene rings is 2. The average molecular weight is 537 g/mol. The van der Waals surface area contributed by atoms with Gasteiger partial charge in [0, 0.05) is 27.8 Å². The van der Waals surface area contributed by atoms with Gasteiger partial charge in [-0.15, -0.1) is 22.7 Å². The molecular weight excluding hydrogens is 500 g/mol. The molecule has 0 radical (unpaired) electrons. The number of amides is 2. The van der Waals surface area contributed by atoms with Crippen LogP contribution in [0.5, 0.6) is 0 Å². The molecule has 37 heavy (non-hydrogen) atoms. The first-order valence-corrected chi connectivity index (χ1v) is 14.8. The number of carbonyl (C=O) groups excluding carboxylic acids is 2. The van der Waals surface area contributed by atoms with Crippen molar-refractivity contribution in [2.45, 2.75) is 72.0 Å². The number of carbonyl (C=O) groups is 2. The minimum atomic E-state index is -0.598. The van der Waals surface area contributed by atoms with Crippen molar-refractivity contribution in [3.05, 3.63) is 74.4 Å². The van der Waals surface area contributed by atoms with E-state index in [4.69, 9.17) is 4.98 Å². The first kappa shape index (κ1) is 27.1. The molecule has 4 rings (SSSR count). The number of hydrogen-bond acceptors (Lipinski definition) is 5. The van der Waals surface area contributed by atoms with E-state index in [1.807, 2.05) is 35.7 Å². The van der Waals surface area contributed by atoms with Crippen LogP contribution in [0.4, 0.5) is 0 Å². The quantitative estimate of drug-likeness (QED) is 0.215. The molecule has 2 N–H and O–H groups in total. The number of aromatic nitrogens is 2. The van der Waals surface area contributed by atoms with Crippen molar-refractivity contribution in [3.8, 4) is 0 Å². The molecule has 2 amide bonds. The summed E-state index contributed by atoms with van der Waals surface area (Å²) in [4.78, 5) is 33.6. The van der Waals surface area contributed by atoms with E-state index >= 15 is 0 Å². The number of imidazole rings is 1. The van der Waals surface area contributed by atoms with Crippen LogP contribution in [0, 0.1) is 5.92 Å². The van der Waals surface area contributed by atoms with Crippen molar-refractivity contribution < 1.29 is 9.59 Å². The van der Waals surface area contributed by atoms with Crippen molar-refractivity contribution in [3.63, 3.8) is 0 Å². The van der Waals surface area contributed by atoms with E-state index in [-0.39, 0.29) is 17.7 Å². The van der Waals surface area contributed by atoms with Gasteiger partial charge < -0.3 is 15.2 Å². The maximum Gasteiger partial charge on any atom is 0.252 e. The highest BCUT2D eigenvalue weighted by Gasteiger charge is 2.24. The second-order valence-electron chi connectivity index (χ2n) is 9.78. The molecule has 0 aliphatic rings. The lowest BCUT2D eigenvalue weighted by molar-refractivity contribution is -0.123. The van der Waals surface area contributed by atoms with Gasteiger partial charge >= 0.3 is 0 Å². The van der Waals surface area contributed by atoms with Crippen LogP contribution >= 0.6 is 22.7 Å². The summed E-state index contributed by atoms with van der Waals surface area (Å²) in [7, 11) is 0. The first-order valence-electron chi connectivity index (χ1n) is 13.0. The normalized spacial score (nSPS) is 12.4. The van der Waals surface area contributed by atoms with Gasteiger partial charge in [0.15, 0.2) is 0 Å². The zero-order chi connectivity index (χ0) is 26.4. The molecule has 3 heterocycles. The summed E-state index contributed by atoms with van der Waals surface area (Å²) in [5.74, 6) is 0.869. The predicted octanol–water partition coefficient (Wildman–Crippen LogP) is 6.57. The lowest BCUT2D eigenvalue weighted by Crippen LogP contribution is -2.47. The summed E-state index contributed by atoms with van der Waals surface area (Å²) < 4.78 is 2.34. The summed E-state index contributed by atoms with van der Waals surface area (Å²) in [6, 6.07) is 13.6. The Morgan fingerprint density at radius 3 is 2.32 bits per heavy atom. The fourth-order valence-corrected chi connectivity index (χ4v) is 6.05. The fourth-order valence-electron chi connectivity index (χ4n) is 4.70. The van der Waals surface area contributed by atoms with Crippen LogP contribution in [0.25, 0.3) is 11.0 Å². The van der Waals surface area contributed by atoms with Crippen LogP contribution in [-0.4, -0.2) is 27.4 Å². The van der Waals surface area contributed by atoms with E-state index in [2.05, 4.69) is 60.4 Å². The molecule has 0 aliphatic carbocycles. The van der Waals surface area contributed by atoms with Crippen LogP contribution in [0.3, 0.4) is 0 Å². The van der Waals surface area contributed by atoms with Gasteiger partial charge in [0.1, 0.15) is 11.9 Å². The molecule has 1 atom stereocenters. The maximum atomic E-state index is 13.3. The van der Waals surface area contributed by atoms with Gasteiger partial charge in [0.05, 0.1) is 17.6 Å². The highest BCUT2D eigenvalue weighted by molar-refractivity contribution is 7.10. The van der Waals surface area contributed by atoms with Gasteiger partial charge in [-0.1, -0.05) is 39.8 Å². The van der Waals surface area contributed by atoms with E-state index in [1.165, 1.54) is 4.88 Å². The fraction of sp³-hybridized carbons (Fsp3) is 0.414. The van der Waals surface area contributed by atoms with Crippen LogP contribution < -0.4 is 10.6 Å². The minimum Gasteiger partial charge on any atom is -0.349 e. The Bertz CT molecular complexity index is 1310. The lowest BCUT2D eigenvalue weighted by atomic mass is 10.0. The summed E-state index contributed by atoms with van der Waals surface area (Å²) in [5, 5.41) is 10.0. The Morgan fingerprint density at radius 2 is 1.70 bits per heavy atom. The van der Waals surface area contributed by atoms with Crippen molar-refractivity contribution in [1.29, 1.82) is 0 Å². The van der Waals surface area contributed by atoms with Crippen molar-refractivity contribution >= 4 is 45.5 Å².